The lowest BCUT2D eigenvalue weighted by Crippen LogP contribution is -2.62. The largest absolute Gasteiger partial charge is 0.311 e. The van der Waals surface area contributed by atoms with Crippen LogP contribution >= 0.6 is 11.8 Å². The molecule has 0 bridgehead atoms. The van der Waals surface area contributed by atoms with E-state index < -0.39 is 0 Å². The van der Waals surface area contributed by atoms with Gasteiger partial charge in [-0.15, -0.1) is 0 Å². The molecule has 4 heterocycles. The second kappa shape index (κ2) is 14.0. The lowest BCUT2D eigenvalue weighted by atomic mass is 9.33. The molecule has 310 valence electrons. The van der Waals surface area contributed by atoms with Crippen LogP contribution in [0.15, 0.2) is 143 Å². The average Bonchev–Trinajstić information content (AvgIpc) is 3.23. The van der Waals surface area contributed by atoms with Gasteiger partial charge in [-0.25, -0.2) is 0 Å². The minimum absolute atomic E-state index is 0.0219. The van der Waals surface area contributed by atoms with Gasteiger partial charge in [0.25, 0.3) is 6.71 Å². The monoisotopic (exact) mass is 827 g/mol. The first-order valence-electron chi connectivity index (χ1n) is 22.3. The van der Waals surface area contributed by atoms with Crippen LogP contribution in [0, 0.1) is 0 Å². The first kappa shape index (κ1) is 40.6. The van der Waals surface area contributed by atoms with Crippen molar-refractivity contribution in [2.75, 3.05) is 9.80 Å². The van der Waals surface area contributed by atoms with Gasteiger partial charge in [-0.3, -0.25) is 4.98 Å². The molecule has 0 saturated heterocycles. The highest BCUT2D eigenvalue weighted by molar-refractivity contribution is 7.99. The van der Waals surface area contributed by atoms with Gasteiger partial charge in [0.1, 0.15) is 0 Å². The molecule has 3 nitrogen and oxygen atoms in total. The van der Waals surface area contributed by atoms with E-state index in [9.17, 15) is 0 Å². The van der Waals surface area contributed by atoms with Gasteiger partial charge in [-0.1, -0.05) is 162 Å². The number of aromatic nitrogens is 1. The molecule has 0 amide bonds. The van der Waals surface area contributed by atoms with E-state index in [0.717, 1.165) is 16.8 Å². The predicted octanol–water partition coefficient (Wildman–Crippen LogP) is 14.2. The predicted molar refractivity (Wildman–Crippen MR) is 268 cm³/mol. The van der Waals surface area contributed by atoms with E-state index in [1.165, 1.54) is 88.1 Å². The van der Waals surface area contributed by atoms with E-state index in [0.29, 0.717) is 0 Å². The molecule has 10 rings (SSSR count). The molecular formula is C57H58BN3S. The summed E-state index contributed by atoms with van der Waals surface area (Å²) >= 11 is 1.95. The standard InChI is InChI=1S/C57H58BN3S/c1-54(2,3)38-18-22-42(23-19-38)60-46-24-20-39(55(4,5)6)31-43(46)58-44-32-41(57(10,11)12)34-51-53(44)61(47-25-21-40(56(7,8)9)33-50(47)62-51)49-30-37(29-48(60)52(49)58)36-26-27-59-45(28-36)35-16-14-13-15-17-35/h13-34H,1-12H3. The van der Waals surface area contributed by atoms with E-state index in [1.807, 2.05) is 18.0 Å². The summed E-state index contributed by atoms with van der Waals surface area (Å²) in [5, 5.41) is 0. The number of nitrogens with zero attached hydrogens (tertiary/aromatic N) is 3. The average molecular weight is 828 g/mol. The fourth-order valence-electron chi connectivity index (χ4n) is 9.62. The first-order chi connectivity index (χ1) is 29.3. The Hall–Kier alpha value is -5.52. The van der Waals surface area contributed by atoms with Crippen molar-refractivity contribution in [3.8, 4) is 22.4 Å². The van der Waals surface area contributed by atoms with Gasteiger partial charge < -0.3 is 9.80 Å². The van der Waals surface area contributed by atoms with Crippen LogP contribution in [0.5, 0.6) is 0 Å². The third-order valence-electron chi connectivity index (χ3n) is 13.3. The highest BCUT2D eigenvalue weighted by Crippen LogP contribution is 2.56. The molecule has 62 heavy (non-hydrogen) atoms. The molecule has 0 radical (unpaired) electrons. The van der Waals surface area contributed by atoms with Crippen molar-refractivity contribution in [3.63, 3.8) is 0 Å². The summed E-state index contributed by atoms with van der Waals surface area (Å²) in [6, 6.07) is 48.9. The minimum Gasteiger partial charge on any atom is -0.311 e. The van der Waals surface area contributed by atoms with Crippen LogP contribution in [0.2, 0.25) is 0 Å². The molecule has 0 saturated carbocycles. The number of hydrogen-bond acceptors (Lipinski definition) is 4. The van der Waals surface area contributed by atoms with Crippen LogP contribution in [0.4, 0.5) is 34.1 Å². The fourth-order valence-corrected chi connectivity index (χ4v) is 10.8. The normalized spacial score (nSPS) is 14.3. The zero-order chi connectivity index (χ0) is 43.7. The maximum Gasteiger partial charge on any atom is 0.252 e. The molecule has 0 N–H and O–H groups in total. The van der Waals surface area contributed by atoms with Gasteiger partial charge in [0.15, 0.2) is 0 Å². The van der Waals surface area contributed by atoms with Crippen molar-refractivity contribution >= 4 is 69.0 Å². The second-order valence-electron chi connectivity index (χ2n) is 21.8. The summed E-state index contributed by atoms with van der Waals surface area (Å²) in [5.74, 6) is 0. The maximum absolute atomic E-state index is 4.88. The Bertz CT molecular complexity index is 2920. The van der Waals surface area contributed by atoms with E-state index >= 15 is 0 Å². The van der Waals surface area contributed by atoms with Crippen molar-refractivity contribution < 1.29 is 0 Å². The lowest BCUT2D eigenvalue weighted by molar-refractivity contribution is 0.588. The lowest BCUT2D eigenvalue weighted by Gasteiger charge is -2.47. The molecule has 0 unspecified atom stereocenters. The number of fused-ring (bicyclic) bond motifs is 6. The third kappa shape index (κ3) is 6.70. The molecule has 1 aromatic heterocycles. The number of benzene rings is 6. The molecule has 0 atom stereocenters. The Morgan fingerprint density at radius 3 is 1.65 bits per heavy atom. The zero-order valence-corrected chi connectivity index (χ0v) is 39.3. The van der Waals surface area contributed by atoms with Crippen molar-refractivity contribution in [2.24, 2.45) is 0 Å². The van der Waals surface area contributed by atoms with Crippen LogP contribution < -0.4 is 26.2 Å². The van der Waals surface area contributed by atoms with Gasteiger partial charge in [0.05, 0.1) is 17.1 Å². The van der Waals surface area contributed by atoms with Crippen molar-refractivity contribution in [3.05, 3.63) is 156 Å². The smallest absolute Gasteiger partial charge is 0.252 e. The topological polar surface area (TPSA) is 19.4 Å². The van der Waals surface area contributed by atoms with Gasteiger partial charge >= 0.3 is 0 Å². The molecule has 5 heteroatoms. The van der Waals surface area contributed by atoms with Crippen molar-refractivity contribution in [1.82, 2.24) is 4.98 Å². The molecule has 3 aliphatic heterocycles. The SMILES string of the molecule is CC(C)(C)c1ccc(N2c3ccc(C(C)(C)C)cc3B3c4cc(C(C)(C)C)cc5c4N(c4ccc(C(C)(C)C)cc4S5)c4cc(-c5ccnc(-c6ccccc6)c5)cc2c43)cc1. The van der Waals surface area contributed by atoms with E-state index in [-0.39, 0.29) is 28.4 Å². The van der Waals surface area contributed by atoms with Crippen LogP contribution in [0.3, 0.4) is 0 Å². The summed E-state index contributed by atoms with van der Waals surface area (Å²) in [6.45, 7) is 28.0. The Labute approximate surface area is 374 Å². The van der Waals surface area contributed by atoms with Crippen LogP contribution in [0.1, 0.15) is 105 Å². The van der Waals surface area contributed by atoms with E-state index in [1.54, 1.807) is 0 Å². The molecule has 6 aromatic carbocycles. The zero-order valence-electron chi connectivity index (χ0n) is 38.5. The van der Waals surface area contributed by atoms with Crippen molar-refractivity contribution in [1.29, 1.82) is 0 Å². The fraction of sp³-hybridized carbons (Fsp3) is 0.281. The Morgan fingerprint density at radius 1 is 0.435 bits per heavy atom. The molecule has 0 aliphatic carbocycles. The molecule has 7 aromatic rings. The number of rotatable bonds is 3. The summed E-state index contributed by atoms with van der Waals surface area (Å²) in [4.78, 5) is 12.7. The van der Waals surface area contributed by atoms with E-state index in [2.05, 4.69) is 220 Å². The summed E-state index contributed by atoms with van der Waals surface area (Å²) in [7, 11) is 0. The third-order valence-corrected chi connectivity index (χ3v) is 14.4. The van der Waals surface area contributed by atoms with Gasteiger partial charge in [0, 0.05) is 44.3 Å². The van der Waals surface area contributed by atoms with Crippen molar-refractivity contribution in [2.45, 2.75) is 115 Å². The molecular weight excluding hydrogens is 770 g/mol. The van der Waals surface area contributed by atoms with E-state index in [4.69, 9.17) is 4.98 Å². The quantitative estimate of drug-likeness (QED) is 0.165. The summed E-state index contributed by atoms with van der Waals surface area (Å²) < 4.78 is 0. The Kier molecular flexibility index (Phi) is 9.15. The number of pyridine rings is 1. The summed E-state index contributed by atoms with van der Waals surface area (Å²) in [6.07, 6.45) is 1.97. The first-order valence-corrected chi connectivity index (χ1v) is 23.1. The highest BCUT2D eigenvalue weighted by atomic mass is 32.2. The summed E-state index contributed by atoms with van der Waals surface area (Å²) in [5.41, 5.74) is 21.3. The number of anilines is 6. The Morgan fingerprint density at radius 2 is 1.00 bits per heavy atom. The molecule has 0 fully saturated rings. The van der Waals surface area contributed by atoms with Gasteiger partial charge in [-0.05, 0) is 132 Å². The molecule has 3 aliphatic rings. The van der Waals surface area contributed by atoms with Crippen LogP contribution in [0.25, 0.3) is 22.4 Å². The molecule has 0 spiro atoms. The van der Waals surface area contributed by atoms with Crippen LogP contribution in [-0.2, 0) is 21.7 Å². The van der Waals surface area contributed by atoms with Gasteiger partial charge in [0.2, 0.25) is 0 Å². The number of hydrogen-bond donors (Lipinski definition) is 0. The van der Waals surface area contributed by atoms with Crippen LogP contribution in [-0.4, -0.2) is 11.7 Å². The minimum atomic E-state index is -0.0409. The van der Waals surface area contributed by atoms with Gasteiger partial charge in [-0.2, -0.15) is 0 Å². The maximum atomic E-state index is 4.88. The Balaban J connectivity index is 1.33. The highest BCUT2D eigenvalue weighted by Gasteiger charge is 2.47. The second-order valence-corrected chi connectivity index (χ2v) is 22.9.